The first-order valence-electron chi connectivity index (χ1n) is 8.05. The van der Waals surface area contributed by atoms with E-state index in [1.54, 1.807) is 0 Å². The van der Waals surface area contributed by atoms with Gasteiger partial charge in [-0.05, 0) is 31.2 Å². The molecule has 0 unspecified atom stereocenters. The quantitative estimate of drug-likeness (QED) is 0.232. The van der Waals surface area contributed by atoms with Gasteiger partial charge in [-0.1, -0.05) is 19.9 Å². The molecule has 4 heteroatoms. The maximum absolute atomic E-state index is 2.25. The third-order valence-electron chi connectivity index (χ3n) is 4.34. The molecule has 0 aliphatic heterocycles. The number of aromatic nitrogens is 1. The first kappa shape index (κ1) is 24.9. The van der Waals surface area contributed by atoms with Crippen LogP contribution in [0.1, 0.15) is 22.4 Å². The Morgan fingerprint density at radius 1 is 0.923 bits per heavy atom. The fraction of sp³-hybridized carbons (Fsp3) is 0.182. The van der Waals surface area contributed by atoms with Gasteiger partial charge >= 0.3 is 25.8 Å². The minimum absolute atomic E-state index is 0. The first-order valence-corrected chi connectivity index (χ1v) is 8.05. The molecule has 1 heterocycles. The molecule has 4 aromatic rings. The summed E-state index contributed by atoms with van der Waals surface area (Å²) in [5.41, 5.74) is 6.63. The van der Waals surface area contributed by atoms with Crippen LogP contribution in [0.25, 0.3) is 16.5 Å². The van der Waals surface area contributed by atoms with Crippen LogP contribution in [-0.2, 0) is 25.8 Å². The van der Waals surface area contributed by atoms with Gasteiger partial charge in [-0.3, -0.25) is 0 Å². The van der Waals surface area contributed by atoms with Gasteiger partial charge in [0.2, 0.25) is 0 Å². The number of fused-ring (bicyclic) bond motifs is 1. The van der Waals surface area contributed by atoms with Gasteiger partial charge in [-0.2, -0.15) is 17.2 Å². The SMILES string of the molecule is Cc1cc(C)n(-c2cc3ccccc3[cH-]2)c1.Cc1ccc[c-]1C.[Cl-].[Cl-].[Hf+4]. The number of benzene rings is 1. The zero-order chi connectivity index (χ0) is 16.4. The molecular weight excluding hydrogens is 528 g/mol. The van der Waals surface area contributed by atoms with E-state index in [4.69, 9.17) is 0 Å². The van der Waals surface area contributed by atoms with Crippen molar-refractivity contribution < 1.29 is 50.7 Å². The second-order valence-corrected chi connectivity index (χ2v) is 6.26. The van der Waals surface area contributed by atoms with Crippen LogP contribution in [0.15, 0.2) is 66.9 Å². The number of aryl methyl sites for hydroxylation is 4. The average molecular weight is 551 g/mol. The molecule has 1 aromatic heterocycles. The van der Waals surface area contributed by atoms with Gasteiger partial charge in [0.1, 0.15) is 0 Å². The fourth-order valence-corrected chi connectivity index (χ4v) is 2.89. The van der Waals surface area contributed by atoms with E-state index >= 15 is 0 Å². The Labute approximate surface area is 187 Å². The normalized spacial score (nSPS) is 9.38. The maximum Gasteiger partial charge on any atom is 4.00 e. The van der Waals surface area contributed by atoms with Crippen LogP contribution in [0.4, 0.5) is 0 Å². The van der Waals surface area contributed by atoms with E-state index in [1.165, 1.54) is 38.8 Å². The number of nitrogens with zero attached hydrogens (tertiary/aromatic N) is 1. The average Bonchev–Trinajstić information content (AvgIpc) is 3.19. The maximum atomic E-state index is 2.25. The smallest absolute Gasteiger partial charge is 1.00 e. The molecule has 0 N–H and O–H groups in total. The van der Waals surface area contributed by atoms with Crippen LogP contribution in [0.3, 0.4) is 0 Å². The van der Waals surface area contributed by atoms with Crippen LogP contribution in [0.5, 0.6) is 0 Å². The van der Waals surface area contributed by atoms with Gasteiger partial charge in [0, 0.05) is 11.9 Å². The van der Waals surface area contributed by atoms with Gasteiger partial charge in [0.25, 0.3) is 0 Å². The summed E-state index contributed by atoms with van der Waals surface area (Å²) in [5, 5.41) is 2.62. The van der Waals surface area contributed by atoms with Gasteiger partial charge in [0.15, 0.2) is 0 Å². The summed E-state index contributed by atoms with van der Waals surface area (Å²) in [4.78, 5) is 0. The Hall–Kier alpha value is -1.09. The number of hydrogen-bond donors (Lipinski definition) is 0. The van der Waals surface area contributed by atoms with Crippen LogP contribution in [0, 0.1) is 27.7 Å². The molecule has 26 heavy (non-hydrogen) atoms. The minimum atomic E-state index is 0. The van der Waals surface area contributed by atoms with Crippen molar-refractivity contribution in [2.24, 2.45) is 0 Å². The molecule has 0 aliphatic rings. The van der Waals surface area contributed by atoms with E-state index in [1.807, 2.05) is 0 Å². The predicted molar refractivity (Wildman–Crippen MR) is 99.9 cm³/mol. The van der Waals surface area contributed by atoms with Crippen molar-refractivity contribution in [3.05, 3.63) is 89.2 Å². The molecular formula is C22H23Cl2HfN. The third kappa shape index (κ3) is 5.70. The van der Waals surface area contributed by atoms with E-state index in [9.17, 15) is 0 Å². The molecule has 134 valence electrons. The monoisotopic (exact) mass is 551 g/mol. The molecule has 1 nitrogen and oxygen atoms in total. The van der Waals surface area contributed by atoms with Crippen LogP contribution < -0.4 is 24.8 Å². The summed E-state index contributed by atoms with van der Waals surface area (Å²) in [5.74, 6) is 0. The molecule has 0 amide bonds. The molecule has 3 aromatic carbocycles. The predicted octanol–water partition coefficient (Wildman–Crippen LogP) is -0.00592. The van der Waals surface area contributed by atoms with Gasteiger partial charge in [-0.25, -0.2) is 12.1 Å². The summed E-state index contributed by atoms with van der Waals surface area (Å²) in [6.07, 6.45) is 2.18. The molecule has 0 bridgehead atoms. The Bertz CT molecular complexity index is 881. The summed E-state index contributed by atoms with van der Waals surface area (Å²) >= 11 is 0. The molecule has 0 aliphatic carbocycles. The van der Waals surface area contributed by atoms with Crippen molar-refractivity contribution in [1.82, 2.24) is 4.57 Å². The van der Waals surface area contributed by atoms with E-state index < -0.39 is 0 Å². The van der Waals surface area contributed by atoms with E-state index in [0.29, 0.717) is 0 Å². The van der Waals surface area contributed by atoms with Gasteiger partial charge in [0.05, 0.1) is 0 Å². The Balaban J connectivity index is 0.000000542. The topological polar surface area (TPSA) is 4.93 Å². The summed E-state index contributed by atoms with van der Waals surface area (Å²) in [7, 11) is 0. The number of halogens is 2. The van der Waals surface area contributed by atoms with E-state index in [0.717, 1.165) is 0 Å². The summed E-state index contributed by atoms with van der Waals surface area (Å²) < 4.78 is 2.25. The van der Waals surface area contributed by atoms with Gasteiger partial charge in [-0.15, -0.1) is 41.1 Å². The first-order chi connectivity index (χ1) is 11.0. The fourth-order valence-electron chi connectivity index (χ4n) is 2.89. The zero-order valence-electron chi connectivity index (χ0n) is 15.6. The molecule has 0 saturated heterocycles. The third-order valence-corrected chi connectivity index (χ3v) is 4.34. The molecule has 0 fully saturated rings. The molecule has 0 atom stereocenters. The summed E-state index contributed by atoms with van der Waals surface area (Å²) in [6.45, 7) is 8.52. The van der Waals surface area contributed by atoms with Crippen LogP contribution in [0.2, 0.25) is 0 Å². The molecule has 0 radical (unpaired) electrons. The Morgan fingerprint density at radius 3 is 2.08 bits per heavy atom. The number of hydrogen-bond acceptors (Lipinski definition) is 0. The molecule has 4 rings (SSSR count). The standard InChI is InChI=1S/C15H14N.C7H9.2ClH.Hf/c1-11-7-12(2)16(10-11)15-8-13-5-3-4-6-14(13)9-15;1-6-4-3-5-7(6)2;;;/h3-10H,1-2H3;3-5H,1-2H3;2*1H;/q2*-1;;;+4/p-2. The van der Waals surface area contributed by atoms with E-state index in [-0.39, 0.29) is 50.7 Å². The van der Waals surface area contributed by atoms with Crippen molar-refractivity contribution >= 4 is 10.8 Å². The second-order valence-electron chi connectivity index (χ2n) is 6.26. The van der Waals surface area contributed by atoms with Crippen molar-refractivity contribution in [3.63, 3.8) is 0 Å². The van der Waals surface area contributed by atoms with Crippen LogP contribution >= 0.6 is 0 Å². The van der Waals surface area contributed by atoms with Crippen molar-refractivity contribution in [1.29, 1.82) is 0 Å². The minimum Gasteiger partial charge on any atom is -1.00 e. The molecule has 0 spiro atoms. The van der Waals surface area contributed by atoms with Crippen molar-refractivity contribution in [3.8, 4) is 5.69 Å². The van der Waals surface area contributed by atoms with Crippen molar-refractivity contribution in [2.75, 3.05) is 0 Å². The second kappa shape index (κ2) is 10.9. The van der Waals surface area contributed by atoms with E-state index in [2.05, 4.69) is 99.1 Å². The van der Waals surface area contributed by atoms with Gasteiger partial charge < -0.3 is 29.4 Å². The molecule has 0 saturated carbocycles. The Kier molecular flexibility index (Phi) is 10.5. The largest absolute Gasteiger partial charge is 4.00 e. The summed E-state index contributed by atoms with van der Waals surface area (Å²) in [6, 6.07) is 21.5. The van der Waals surface area contributed by atoms with Crippen molar-refractivity contribution in [2.45, 2.75) is 27.7 Å². The Morgan fingerprint density at radius 2 is 1.62 bits per heavy atom. The van der Waals surface area contributed by atoms with Crippen LogP contribution in [-0.4, -0.2) is 4.57 Å². The number of rotatable bonds is 1. The zero-order valence-corrected chi connectivity index (χ0v) is 20.7.